The third-order valence-corrected chi connectivity index (χ3v) is 6.97. The maximum Gasteiger partial charge on any atom is 0.166 e. The lowest BCUT2D eigenvalue weighted by Gasteiger charge is -2.29. The molecule has 0 bridgehead atoms. The average molecular weight is 487 g/mol. The Bertz CT molecular complexity index is 1200. The molecule has 1 unspecified atom stereocenters. The predicted molar refractivity (Wildman–Crippen MR) is 123 cm³/mol. The van der Waals surface area contributed by atoms with Crippen molar-refractivity contribution in [3.05, 3.63) is 88.5 Å². The Morgan fingerprint density at radius 2 is 1.43 bits per heavy atom. The maximum atomic E-state index is 15.0. The standard InChI is InChI=1S/C28H26F4O3/c1-33-19-7-2-16(3-8-19)21-12-13-22(27(31)26(21)30)17-4-9-20(10-5-17)34-14-18-6-11-23(24-15-35-24)28(32)25(18)29/h2-3,6-8,11-13,17,20,24H,4-5,9-10,14-15H2,1H3. The van der Waals surface area contributed by atoms with Crippen molar-refractivity contribution in [2.45, 2.75) is 50.4 Å². The van der Waals surface area contributed by atoms with Crippen molar-refractivity contribution in [1.29, 1.82) is 0 Å². The molecule has 35 heavy (non-hydrogen) atoms. The van der Waals surface area contributed by atoms with Gasteiger partial charge in [-0.1, -0.05) is 36.4 Å². The summed E-state index contributed by atoms with van der Waals surface area (Å²) in [7, 11) is 1.55. The maximum absolute atomic E-state index is 15.0. The first-order valence-corrected chi connectivity index (χ1v) is 11.8. The monoisotopic (exact) mass is 486 g/mol. The van der Waals surface area contributed by atoms with Crippen LogP contribution in [0.2, 0.25) is 0 Å². The number of rotatable bonds is 7. The van der Waals surface area contributed by atoms with E-state index in [0.717, 1.165) is 0 Å². The zero-order valence-electron chi connectivity index (χ0n) is 19.3. The Labute approximate surface area is 201 Å². The van der Waals surface area contributed by atoms with Gasteiger partial charge >= 0.3 is 0 Å². The van der Waals surface area contributed by atoms with E-state index in [2.05, 4.69) is 0 Å². The molecule has 3 nitrogen and oxygen atoms in total. The number of benzene rings is 3. The molecule has 1 saturated heterocycles. The molecule has 7 heteroatoms. The molecular weight excluding hydrogens is 460 g/mol. The second-order valence-corrected chi connectivity index (χ2v) is 9.11. The number of epoxide rings is 1. The summed E-state index contributed by atoms with van der Waals surface area (Å²) in [6.07, 6.45) is 2.00. The van der Waals surface area contributed by atoms with Gasteiger partial charge in [-0.05, 0) is 54.9 Å². The molecular formula is C28H26F4O3. The highest BCUT2D eigenvalue weighted by Crippen LogP contribution is 2.38. The Morgan fingerprint density at radius 1 is 0.771 bits per heavy atom. The molecule has 5 rings (SSSR count). The summed E-state index contributed by atoms with van der Waals surface area (Å²) in [6, 6.07) is 13.2. The second kappa shape index (κ2) is 9.99. The topological polar surface area (TPSA) is 31.0 Å². The van der Waals surface area contributed by atoms with Gasteiger partial charge in [-0.15, -0.1) is 0 Å². The number of hydrogen-bond donors (Lipinski definition) is 0. The van der Waals surface area contributed by atoms with Crippen LogP contribution in [0.15, 0.2) is 48.5 Å². The van der Waals surface area contributed by atoms with Crippen LogP contribution in [-0.2, 0) is 16.1 Å². The summed E-state index contributed by atoms with van der Waals surface area (Å²) in [4.78, 5) is 0. The number of ether oxygens (including phenoxy) is 3. The van der Waals surface area contributed by atoms with Crippen LogP contribution in [0.1, 0.15) is 54.4 Å². The molecule has 1 atom stereocenters. The Morgan fingerprint density at radius 3 is 2.09 bits per heavy atom. The molecule has 1 aliphatic carbocycles. The number of halogens is 4. The van der Waals surface area contributed by atoms with Crippen LogP contribution >= 0.6 is 0 Å². The van der Waals surface area contributed by atoms with Gasteiger partial charge in [0.15, 0.2) is 23.3 Å². The molecule has 2 fully saturated rings. The van der Waals surface area contributed by atoms with Gasteiger partial charge in [0.05, 0.1) is 26.4 Å². The highest BCUT2D eigenvalue weighted by Gasteiger charge is 2.31. The number of hydrogen-bond acceptors (Lipinski definition) is 3. The fourth-order valence-electron chi connectivity index (χ4n) is 4.81. The van der Waals surface area contributed by atoms with Crippen LogP contribution in [-0.4, -0.2) is 19.8 Å². The summed E-state index contributed by atoms with van der Waals surface area (Å²) in [6.45, 7) is 0.369. The zero-order valence-corrected chi connectivity index (χ0v) is 19.3. The first-order valence-electron chi connectivity index (χ1n) is 11.8. The van der Waals surface area contributed by atoms with Crippen molar-refractivity contribution < 1.29 is 31.8 Å². The van der Waals surface area contributed by atoms with Crippen molar-refractivity contribution >= 4 is 0 Å². The molecule has 0 radical (unpaired) electrons. The Hall–Kier alpha value is -2.90. The van der Waals surface area contributed by atoms with Gasteiger partial charge in [0, 0.05) is 16.7 Å². The van der Waals surface area contributed by atoms with Gasteiger partial charge in [0.25, 0.3) is 0 Å². The summed E-state index contributed by atoms with van der Waals surface area (Å²) in [5.74, 6) is -2.94. The van der Waals surface area contributed by atoms with Crippen LogP contribution in [0.4, 0.5) is 17.6 Å². The summed E-state index contributed by atoms with van der Waals surface area (Å²) < 4.78 is 74.5. The van der Waals surface area contributed by atoms with E-state index in [0.29, 0.717) is 49.2 Å². The van der Waals surface area contributed by atoms with Gasteiger partial charge in [-0.2, -0.15) is 0 Å². The lowest BCUT2D eigenvalue weighted by Crippen LogP contribution is -2.21. The minimum Gasteiger partial charge on any atom is -0.497 e. The molecule has 1 aliphatic heterocycles. The Kier molecular flexibility index (Phi) is 6.80. The van der Waals surface area contributed by atoms with Gasteiger partial charge in [-0.25, -0.2) is 17.6 Å². The molecule has 1 saturated carbocycles. The molecule has 0 amide bonds. The largest absolute Gasteiger partial charge is 0.497 e. The molecule has 0 aromatic heterocycles. The normalized spacial score (nSPS) is 21.7. The molecule has 3 aromatic carbocycles. The quantitative estimate of drug-likeness (QED) is 0.261. The van der Waals surface area contributed by atoms with E-state index < -0.39 is 23.3 Å². The fraction of sp³-hybridized carbons (Fsp3) is 0.357. The minimum atomic E-state index is -0.902. The molecule has 0 spiro atoms. The number of methoxy groups -OCH3 is 1. The lowest BCUT2D eigenvalue weighted by molar-refractivity contribution is 0.0116. The van der Waals surface area contributed by atoms with E-state index in [1.165, 1.54) is 6.07 Å². The predicted octanol–water partition coefficient (Wildman–Crippen LogP) is 7.23. The molecule has 2 aliphatic rings. The third kappa shape index (κ3) is 4.93. The highest BCUT2D eigenvalue weighted by molar-refractivity contribution is 5.65. The first kappa shape index (κ1) is 23.8. The van der Waals surface area contributed by atoms with E-state index >= 15 is 4.39 Å². The molecule has 184 valence electrons. The first-order chi connectivity index (χ1) is 17.0. The van der Waals surface area contributed by atoms with E-state index in [9.17, 15) is 13.2 Å². The highest BCUT2D eigenvalue weighted by atomic mass is 19.2. The van der Waals surface area contributed by atoms with E-state index in [4.69, 9.17) is 14.2 Å². The zero-order chi connectivity index (χ0) is 24.5. The summed E-state index contributed by atoms with van der Waals surface area (Å²) >= 11 is 0. The van der Waals surface area contributed by atoms with Crippen LogP contribution in [0.5, 0.6) is 5.75 Å². The van der Waals surface area contributed by atoms with Crippen LogP contribution < -0.4 is 4.74 Å². The second-order valence-electron chi connectivity index (χ2n) is 9.11. The van der Waals surface area contributed by atoms with Crippen molar-refractivity contribution in [3.8, 4) is 16.9 Å². The van der Waals surface area contributed by atoms with Crippen molar-refractivity contribution in [1.82, 2.24) is 0 Å². The molecule has 3 aromatic rings. The average Bonchev–Trinajstić information content (AvgIpc) is 3.72. The SMILES string of the molecule is COc1ccc(-c2ccc(C3CCC(OCc4ccc(C5CO5)c(F)c4F)CC3)c(F)c2F)cc1. The van der Waals surface area contributed by atoms with E-state index in [-0.39, 0.29) is 41.4 Å². The summed E-state index contributed by atoms with van der Waals surface area (Å²) in [5, 5.41) is 0. The van der Waals surface area contributed by atoms with Crippen molar-refractivity contribution in [2.75, 3.05) is 13.7 Å². The van der Waals surface area contributed by atoms with E-state index in [1.54, 1.807) is 49.6 Å². The van der Waals surface area contributed by atoms with Crippen molar-refractivity contribution in [2.24, 2.45) is 0 Å². The summed E-state index contributed by atoms with van der Waals surface area (Å²) in [5.41, 5.74) is 1.55. The smallest absolute Gasteiger partial charge is 0.166 e. The van der Waals surface area contributed by atoms with E-state index in [1.807, 2.05) is 0 Å². The minimum absolute atomic E-state index is 0.0383. The van der Waals surface area contributed by atoms with Gasteiger partial charge < -0.3 is 14.2 Å². The Balaban J connectivity index is 1.20. The van der Waals surface area contributed by atoms with Crippen LogP contribution in [0.25, 0.3) is 11.1 Å². The third-order valence-electron chi connectivity index (χ3n) is 6.97. The lowest BCUT2D eigenvalue weighted by atomic mass is 9.82. The van der Waals surface area contributed by atoms with Crippen molar-refractivity contribution in [3.63, 3.8) is 0 Å². The van der Waals surface area contributed by atoms with Crippen LogP contribution in [0, 0.1) is 23.3 Å². The fourth-order valence-corrected chi connectivity index (χ4v) is 4.81. The van der Waals surface area contributed by atoms with Gasteiger partial charge in [0.2, 0.25) is 0 Å². The molecule has 0 N–H and O–H groups in total. The van der Waals surface area contributed by atoms with Crippen LogP contribution in [0.3, 0.4) is 0 Å². The van der Waals surface area contributed by atoms with Gasteiger partial charge in [0.1, 0.15) is 11.9 Å². The van der Waals surface area contributed by atoms with Gasteiger partial charge in [-0.3, -0.25) is 0 Å². The molecule has 1 heterocycles.